The van der Waals surface area contributed by atoms with Crippen LogP contribution >= 0.6 is 0 Å². The van der Waals surface area contributed by atoms with Crippen LogP contribution in [0.25, 0.3) is 11.1 Å². The highest BCUT2D eigenvalue weighted by Gasteiger charge is 2.47. The quantitative estimate of drug-likeness (QED) is 0.133. The SMILES string of the molecule is Cc1cc(O)c2c(c1)C(=O)c1c(c(O)cc(O)c1-c1c(OC3OC(CO)C(O)C3O)cc(O)c3c1C(=O)c1cc(C)cc(O)c1C3=O)C2=O. The molecular weight excluding hydrogens is 644 g/mol. The molecule has 14 heteroatoms. The lowest BCUT2D eigenvalue weighted by atomic mass is 9.74. The number of carbonyl (C=O) groups is 4. The number of benzene rings is 4. The molecule has 4 aromatic rings. The number of ketones is 4. The number of ether oxygens (including phenoxy) is 2. The molecule has 2 aliphatic carbocycles. The zero-order valence-corrected chi connectivity index (χ0v) is 25.5. The minimum absolute atomic E-state index is 0.312. The van der Waals surface area contributed by atoms with Crippen LogP contribution in [0.1, 0.15) is 74.8 Å². The van der Waals surface area contributed by atoms with E-state index in [1.165, 1.54) is 38.1 Å². The number of phenols is 5. The summed E-state index contributed by atoms with van der Waals surface area (Å²) in [6.45, 7) is 2.33. The van der Waals surface area contributed by atoms with Gasteiger partial charge in [0.2, 0.25) is 17.9 Å². The topological polar surface area (TPSA) is 249 Å². The highest BCUT2D eigenvalue weighted by atomic mass is 16.7. The summed E-state index contributed by atoms with van der Waals surface area (Å²) >= 11 is 0. The van der Waals surface area contributed by atoms with Crippen LogP contribution in [0.3, 0.4) is 0 Å². The molecule has 0 saturated carbocycles. The van der Waals surface area contributed by atoms with Crippen molar-refractivity contribution in [3.63, 3.8) is 0 Å². The maximum Gasteiger partial charge on any atom is 0.229 e. The number of carbonyl (C=O) groups excluding carboxylic acids is 4. The fraction of sp³-hybridized carbons (Fsp3) is 0.200. The first-order valence-corrected chi connectivity index (χ1v) is 14.8. The van der Waals surface area contributed by atoms with Gasteiger partial charge in [0.05, 0.1) is 28.9 Å². The lowest BCUT2D eigenvalue weighted by Gasteiger charge is -2.28. The number of aryl methyl sites for hydroxylation is 2. The molecule has 1 aliphatic heterocycles. The van der Waals surface area contributed by atoms with E-state index >= 15 is 0 Å². The van der Waals surface area contributed by atoms with Gasteiger partial charge >= 0.3 is 0 Å². The monoisotopic (exact) mass is 670 g/mol. The minimum Gasteiger partial charge on any atom is -0.507 e. The van der Waals surface area contributed by atoms with Crippen LogP contribution in [0.15, 0.2) is 36.4 Å². The number of hydrogen-bond donors (Lipinski definition) is 8. The Labute approximate surface area is 275 Å². The summed E-state index contributed by atoms with van der Waals surface area (Å²) in [5, 5.41) is 85.5. The number of aromatic hydroxyl groups is 5. The maximum absolute atomic E-state index is 14.4. The zero-order chi connectivity index (χ0) is 35.4. The van der Waals surface area contributed by atoms with Crippen LogP contribution in [-0.2, 0) is 4.74 Å². The normalized spacial score (nSPS) is 20.9. The Morgan fingerprint density at radius 2 is 1.00 bits per heavy atom. The smallest absolute Gasteiger partial charge is 0.229 e. The molecule has 4 atom stereocenters. The number of rotatable bonds is 4. The van der Waals surface area contributed by atoms with Gasteiger partial charge in [-0.25, -0.2) is 0 Å². The molecule has 8 N–H and O–H groups in total. The zero-order valence-electron chi connectivity index (χ0n) is 25.5. The fourth-order valence-corrected chi connectivity index (χ4v) is 6.79. The van der Waals surface area contributed by atoms with Crippen LogP contribution in [0.5, 0.6) is 34.5 Å². The minimum atomic E-state index is -1.82. The second-order valence-corrected chi connectivity index (χ2v) is 12.1. The van der Waals surface area contributed by atoms with E-state index in [1.54, 1.807) is 0 Å². The maximum atomic E-state index is 14.4. The third-order valence-electron chi connectivity index (χ3n) is 8.92. The van der Waals surface area contributed by atoms with Crippen molar-refractivity contribution in [1.29, 1.82) is 0 Å². The van der Waals surface area contributed by atoms with E-state index in [-0.39, 0.29) is 11.1 Å². The van der Waals surface area contributed by atoms with Gasteiger partial charge in [-0.3, -0.25) is 19.2 Å². The standard InChI is InChI=1S/C35H26O14/c1-10-3-12-21(14(37)5-10)32(45)24-17(40)7-16(39)23(27(24)29(12)42)26-19(48-35-34(47)31(44)20(9-36)49-35)8-18(41)25-28(26)30(43)13-4-11(2)6-15(38)22(13)33(25)46/h3-8,20,31,34-41,44,47H,9H2,1-2H3. The average Bonchev–Trinajstić information content (AvgIpc) is 3.29. The molecule has 1 saturated heterocycles. The summed E-state index contributed by atoms with van der Waals surface area (Å²) < 4.78 is 11.3. The lowest BCUT2D eigenvalue weighted by Crippen LogP contribution is -2.35. The molecule has 0 bridgehead atoms. The first-order chi connectivity index (χ1) is 23.2. The van der Waals surface area contributed by atoms with Gasteiger partial charge in [-0.1, -0.05) is 0 Å². The molecule has 250 valence electrons. The van der Waals surface area contributed by atoms with Crippen LogP contribution in [-0.4, -0.2) is 95.2 Å². The van der Waals surface area contributed by atoms with Crippen molar-refractivity contribution in [2.45, 2.75) is 38.4 Å². The van der Waals surface area contributed by atoms with Gasteiger partial charge in [0.25, 0.3) is 0 Å². The van der Waals surface area contributed by atoms with Gasteiger partial charge in [0.1, 0.15) is 52.8 Å². The Morgan fingerprint density at radius 1 is 0.551 bits per heavy atom. The Kier molecular flexibility index (Phi) is 7.05. The number of fused-ring (bicyclic) bond motifs is 4. The van der Waals surface area contributed by atoms with E-state index < -0.39 is 133 Å². The van der Waals surface area contributed by atoms with E-state index in [1.807, 2.05) is 0 Å². The summed E-state index contributed by atoms with van der Waals surface area (Å²) in [5.74, 6) is -8.39. The van der Waals surface area contributed by atoms with Gasteiger partial charge in [-0.15, -0.1) is 0 Å². The lowest BCUT2D eigenvalue weighted by molar-refractivity contribution is -0.116. The summed E-state index contributed by atoms with van der Waals surface area (Å²) in [6, 6.07) is 6.55. The predicted octanol–water partition coefficient (Wildman–Crippen LogP) is 1.87. The molecule has 7 rings (SSSR count). The van der Waals surface area contributed by atoms with Crippen molar-refractivity contribution in [3.8, 4) is 45.6 Å². The van der Waals surface area contributed by atoms with Crippen molar-refractivity contribution in [2.75, 3.05) is 6.61 Å². The molecule has 49 heavy (non-hydrogen) atoms. The highest BCUT2D eigenvalue weighted by Crippen LogP contribution is 2.53. The van der Waals surface area contributed by atoms with E-state index in [2.05, 4.69) is 0 Å². The summed E-state index contributed by atoms with van der Waals surface area (Å²) in [7, 11) is 0. The summed E-state index contributed by atoms with van der Waals surface area (Å²) in [6.07, 6.45) is -6.60. The number of aliphatic hydroxyl groups excluding tert-OH is 3. The third-order valence-corrected chi connectivity index (χ3v) is 8.92. The fourth-order valence-electron chi connectivity index (χ4n) is 6.79. The van der Waals surface area contributed by atoms with Crippen molar-refractivity contribution < 1.29 is 69.5 Å². The second kappa shape index (κ2) is 10.9. The molecule has 0 radical (unpaired) electrons. The van der Waals surface area contributed by atoms with Crippen molar-refractivity contribution >= 4 is 23.1 Å². The first kappa shape index (κ1) is 31.8. The number of phenolic OH excluding ortho intramolecular Hbond substituents is 5. The van der Waals surface area contributed by atoms with Gasteiger partial charge in [-0.2, -0.15) is 0 Å². The van der Waals surface area contributed by atoms with E-state index in [0.29, 0.717) is 17.2 Å². The molecule has 4 unspecified atom stereocenters. The van der Waals surface area contributed by atoms with Gasteiger partial charge in [0, 0.05) is 45.5 Å². The Bertz CT molecular complexity index is 2220. The van der Waals surface area contributed by atoms with Crippen LogP contribution < -0.4 is 4.74 Å². The summed E-state index contributed by atoms with van der Waals surface area (Å²) in [4.78, 5) is 56.4. The van der Waals surface area contributed by atoms with Crippen molar-refractivity contribution in [1.82, 2.24) is 0 Å². The van der Waals surface area contributed by atoms with E-state index in [0.717, 1.165) is 6.07 Å². The van der Waals surface area contributed by atoms with E-state index in [4.69, 9.17) is 9.47 Å². The van der Waals surface area contributed by atoms with Crippen molar-refractivity contribution in [2.24, 2.45) is 0 Å². The van der Waals surface area contributed by atoms with Crippen LogP contribution in [0.2, 0.25) is 0 Å². The molecule has 3 aliphatic rings. The molecular formula is C35H26O14. The van der Waals surface area contributed by atoms with Gasteiger partial charge < -0.3 is 50.3 Å². The van der Waals surface area contributed by atoms with E-state index in [9.17, 15) is 60.0 Å². The number of aliphatic hydroxyl groups is 3. The molecule has 14 nitrogen and oxygen atoms in total. The molecule has 0 amide bonds. The van der Waals surface area contributed by atoms with Crippen LogP contribution in [0.4, 0.5) is 0 Å². The van der Waals surface area contributed by atoms with Gasteiger partial charge in [0.15, 0.2) is 11.6 Å². The second-order valence-electron chi connectivity index (χ2n) is 12.1. The molecule has 0 aromatic heterocycles. The average molecular weight is 671 g/mol. The Morgan fingerprint density at radius 3 is 1.49 bits per heavy atom. The molecule has 4 aromatic carbocycles. The highest BCUT2D eigenvalue weighted by molar-refractivity contribution is 6.35. The van der Waals surface area contributed by atoms with Crippen molar-refractivity contribution in [3.05, 3.63) is 92.0 Å². The van der Waals surface area contributed by atoms with Gasteiger partial charge in [-0.05, 0) is 49.2 Å². The third kappa shape index (κ3) is 4.42. The first-order valence-electron chi connectivity index (χ1n) is 14.8. The number of hydrogen-bond acceptors (Lipinski definition) is 14. The van der Waals surface area contributed by atoms with Crippen LogP contribution in [0, 0.1) is 13.8 Å². The molecule has 0 spiro atoms. The molecule has 1 fully saturated rings. The Hall–Kier alpha value is -5.80. The molecule has 1 heterocycles. The summed E-state index contributed by atoms with van der Waals surface area (Å²) in [5.41, 5.74) is -4.60. The largest absolute Gasteiger partial charge is 0.507 e. The Balaban J connectivity index is 1.59. The predicted molar refractivity (Wildman–Crippen MR) is 165 cm³/mol.